The van der Waals surface area contributed by atoms with Crippen molar-refractivity contribution in [1.29, 1.82) is 0 Å². The van der Waals surface area contributed by atoms with E-state index in [9.17, 15) is 9.59 Å². The van der Waals surface area contributed by atoms with Crippen LogP contribution in [0.5, 0.6) is 0 Å². The van der Waals surface area contributed by atoms with E-state index in [1.807, 2.05) is 20.8 Å². The smallest absolute Gasteiger partial charge is 0.407 e. The van der Waals surface area contributed by atoms with Crippen LogP contribution in [-0.4, -0.2) is 44.4 Å². The number of methoxy groups -OCH3 is 1. The van der Waals surface area contributed by atoms with Gasteiger partial charge in [0, 0.05) is 13.0 Å². The molecule has 0 spiro atoms. The van der Waals surface area contributed by atoms with Crippen molar-refractivity contribution in [2.24, 2.45) is 11.8 Å². The first-order valence-electron chi connectivity index (χ1n) is 7.56. The molecular formula is C15H28N2O4. The first-order chi connectivity index (χ1) is 9.81. The Morgan fingerprint density at radius 1 is 1.19 bits per heavy atom. The molecular weight excluding hydrogens is 272 g/mol. The lowest BCUT2D eigenvalue weighted by Crippen LogP contribution is -2.37. The molecule has 1 rings (SSSR count). The molecule has 1 aliphatic heterocycles. The molecule has 2 N–H and O–H groups in total. The Labute approximate surface area is 126 Å². The van der Waals surface area contributed by atoms with Crippen molar-refractivity contribution < 1.29 is 19.1 Å². The van der Waals surface area contributed by atoms with Crippen LogP contribution < -0.4 is 10.6 Å². The van der Waals surface area contributed by atoms with E-state index in [2.05, 4.69) is 10.6 Å². The predicted octanol–water partition coefficient (Wildman–Crippen LogP) is 1.69. The molecule has 2 atom stereocenters. The van der Waals surface area contributed by atoms with E-state index in [1.165, 1.54) is 7.11 Å². The fourth-order valence-corrected chi connectivity index (χ4v) is 2.53. The quantitative estimate of drug-likeness (QED) is 0.773. The molecule has 1 heterocycles. The molecule has 0 bridgehead atoms. The number of hydrogen-bond acceptors (Lipinski definition) is 5. The van der Waals surface area contributed by atoms with Crippen molar-refractivity contribution in [2.45, 2.75) is 45.6 Å². The van der Waals surface area contributed by atoms with Gasteiger partial charge in [0.15, 0.2) is 0 Å². The summed E-state index contributed by atoms with van der Waals surface area (Å²) in [4.78, 5) is 23.2. The first kappa shape index (κ1) is 17.8. The van der Waals surface area contributed by atoms with Gasteiger partial charge in [-0.1, -0.05) is 0 Å². The third kappa shape index (κ3) is 7.32. The SMILES string of the molecule is COC(=O)C[C@@H]1CCNCC[C@H]1CNC(=O)OC(C)(C)C. The molecule has 1 aliphatic rings. The lowest BCUT2D eigenvalue weighted by molar-refractivity contribution is -0.142. The average molecular weight is 300 g/mol. The maximum atomic E-state index is 11.7. The molecule has 1 saturated heterocycles. The highest BCUT2D eigenvalue weighted by molar-refractivity contribution is 5.69. The number of ether oxygens (including phenoxy) is 2. The second kappa shape index (κ2) is 8.22. The summed E-state index contributed by atoms with van der Waals surface area (Å²) in [5.74, 6) is 0.290. The molecule has 0 aromatic carbocycles. The molecule has 0 saturated carbocycles. The van der Waals surface area contributed by atoms with Gasteiger partial charge in [0.05, 0.1) is 7.11 Å². The number of esters is 1. The zero-order valence-corrected chi connectivity index (χ0v) is 13.5. The number of hydrogen-bond donors (Lipinski definition) is 2. The fourth-order valence-electron chi connectivity index (χ4n) is 2.53. The van der Waals surface area contributed by atoms with Gasteiger partial charge >= 0.3 is 12.1 Å². The normalized spacial score (nSPS) is 23.0. The Morgan fingerprint density at radius 3 is 2.38 bits per heavy atom. The molecule has 0 aromatic heterocycles. The summed E-state index contributed by atoms with van der Waals surface area (Å²) in [6.07, 6.45) is 1.84. The highest BCUT2D eigenvalue weighted by Crippen LogP contribution is 2.25. The zero-order valence-electron chi connectivity index (χ0n) is 13.5. The summed E-state index contributed by atoms with van der Waals surface area (Å²) in [6, 6.07) is 0. The predicted molar refractivity (Wildman–Crippen MR) is 80.0 cm³/mol. The molecule has 0 aromatic rings. The minimum absolute atomic E-state index is 0.191. The van der Waals surface area contributed by atoms with Gasteiger partial charge in [0.2, 0.25) is 0 Å². The van der Waals surface area contributed by atoms with Crippen LogP contribution in [0.15, 0.2) is 0 Å². The summed E-state index contributed by atoms with van der Waals surface area (Å²) in [5.41, 5.74) is -0.499. The van der Waals surface area contributed by atoms with Crippen molar-refractivity contribution in [3.8, 4) is 0 Å². The topological polar surface area (TPSA) is 76.7 Å². The molecule has 0 aliphatic carbocycles. The monoisotopic (exact) mass is 300 g/mol. The van der Waals surface area contributed by atoms with Crippen LogP contribution in [0.2, 0.25) is 0 Å². The maximum absolute atomic E-state index is 11.7. The van der Waals surface area contributed by atoms with Gasteiger partial charge in [0.1, 0.15) is 5.60 Å². The molecule has 122 valence electrons. The van der Waals surface area contributed by atoms with Crippen molar-refractivity contribution in [1.82, 2.24) is 10.6 Å². The molecule has 6 nitrogen and oxygen atoms in total. The Morgan fingerprint density at radius 2 is 1.81 bits per heavy atom. The van der Waals surface area contributed by atoms with Crippen molar-refractivity contribution in [2.75, 3.05) is 26.7 Å². The van der Waals surface area contributed by atoms with Gasteiger partial charge in [-0.25, -0.2) is 4.79 Å². The van der Waals surface area contributed by atoms with Crippen LogP contribution in [-0.2, 0) is 14.3 Å². The number of alkyl carbamates (subject to hydrolysis) is 1. The minimum Gasteiger partial charge on any atom is -0.469 e. The van der Waals surface area contributed by atoms with E-state index in [-0.39, 0.29) is 17.8 Å². The highest BCUT2D eigenvalue weighted by Gasteiger charge is 2.27. The highest BCUT2D eigenvalue weighted by atomic mass is 16.6. The molecule has 6 heteroatoms. The number of nitrogens with one attached hydrogen (secondary N) is 2. The second-order valence-corrected chi connectivity index (χ2v) is 6.51. The van der Waals surface area contributed by atoms with Gasteiger partial charge in [0.25, 0.3) is 0 Å². The van der Waals surface area contributed by atoms with E-state index in [1.54, 1.807) is 0 Å². The van der Waals surface area contributed by atoms with Crippen LogP contribution in [0.25, 0.3) is 0 Å². The minimum atomic E-state index is -0.499. The van der Waals surface area contributed by atoms with Crippen LogP contribution >= 0.6 is 0 Å². The largest absolute Gasteiger partial charge is 0.469 e. The Balaban J connectivity index is 2.51. The maximum Gasteiger partial charge on any atom is 0.407 e. The van der Waals surface area contributed by atoms with Crippen LogP contribution in [0.4, 0.5) is 4.79 Å². The summed E-state index contributed by atoms with van der Waals surface area (Å²) in [7, 11) is 1.41. The molecule has 1 fully saturated rings. The van der Waals surface area contributed by atoms with Gasteiger partial charge in [-0.2, -0.15) is 0 Å². The third-order valence-corrected chi connectivity index (χ3v) is 3.61. The summed E-state index contributed by atoms with van der Waals surface area (Å²) < 4.78 is 10.0. The fraction of sp³-hybridized carbons (Fsp3) is 0.867. The van der Waals surface area contributed by atoms with E-state index >= 15 is 0 Å². The van der Waals surface area contributed by atoms with Crippen molar-refractivity contribution >= 4 is 12.1 Å². The summed E-state index contributed by atoms with van der Waals surface area (Å²) in [5, 5.41) is 6.15. The van der Waals surface area contributed by atoms with E-state index in [4.69, 9.17) is 9.47 Å². The van der Waals surface area contributed by atoms with Gasteiger partial charge in [-0.05, 0) is 58.5 Å². The van der Waals surface area contributed by atoms with E-state index in [0.717, 1.165) is 25.9 Å². The van der Waals surface area contributed by atoms with E-state index < -0.39 is 11.7 Å². The zero-order chi connectivity index (χ0) is 15.9. The molecule has 0 radical (unpaired) electrons. The van der Waals surface area contributed by atoms with Crippen molar-refractivity contribution in [3.05, 3.63) is 0 Å². The third-order valence-electron chi connectivity index (χ3n) is 3.61. The van der Waals surface area contributed by atoms with Gasteiger partial charge in [-0.3, -0.25) is 4.79 Å². The second-order valence-electron chi connectivity index (χ2n) is 6.51. The Bertz CT molecular complexity index is 352. The number of carbonyl (C=O) groups excluding carboxylic acids is 2. The average Bonchev–Trinajstić information content (AvgIpc) is 2.59. The standard InChI is InChI=1S/C15H28N2O4/c1-15(2,3)21-14(19)17-10-12-6-8-16-7-5-11(12)9-13(18)20-4/h11-12,16H,5-10H2,1-4H3,(H,17,19)/t11-,12-/m0/s1. The lowest BCUT2D eigenvalue weighted by atomic mass is 9.85. The molecule has 0 unspecified atom stereocenters. The summed E-state index contributed by atoms with van der Waals surface area (Å²) in [6.45, 7) is 7.83. The number of amides is 1. The van der Waals surface area contributed by atoms with Crippen LogP contribution in [0.3, 0.4) is 0 Å². The number of carbonyl (C=O) groups is 2. The molecule has 21 heavy (non-hydrogen) atoms. The van der Waals surface area contributed by atoms with E-state index in [0.29, 0.717) is 13.0 Å². The molecule has 1 amide bonds. The summed E-state index contributed by atoms with van der Waals surface area (Å²) >= 11 is 0. The lowest BCUT2D eigenvalue weighted by Gasteiger charge is -2.25. The Kier molecular flexibility index (Phi) is 6.95. The van der Waals surface area contributed by atoms with Crippen LogP contribution in [0, 0.1) is 11.8 Å². The first-order valence-corrected chi connectivity index (χ1v) is 7.56. The van der Waals surface area contributed by atoms with Crippen molar-refractivity contribution in [3.63, 3.8) is 0 Å². The Hall–Kier alpha value is -1.30. The van der Waals surface area contributed by atoms with Gasteiger partial charge < -0.3 is 20.1 Å². The van der Waals surface area contributed by atoms with Crippen LogP contribution in [0.1, 0.15) is 40.0 Å². The van der Waals surface area contributed by atoms with Gasteiger partial charge in [-0.15, -0.1) is 0 Å². The number of rotatable bonds is 4.